The SMILES string of the molecule is CSc1ccccc1C(=O)N(CCn1cccn1)c1nc2c(C)cc(C)cc2s1. The molecule has 4 aromatic rings. The van der Waals surface area contributed by atoms with Gasteiger partial charge in [0.25, 0.3) is 5.91 Å². The van der Waals surface area contributed by atoms with Crippen LogP contribution in [0.25, 0.3) is 10.2 Å². The molecule has 4 rings (SSSR count). The second-order valence-corrected chi connectivity index (χ2v) is 8.71. The number of thioether (sulfide) groups is 1. The summed E-state index contributed by atoms with van der Waals surface area (Å²) in [6, 6.07) is 13.9. The summed E-state index contributed by atoms with van der Waals surface area (Å²) in [6.07, 6.45) is 5.65. The van der Waals surface area contributed by atoms with E-state index in [2.05, 4.69) is 31.1 Å². The molecule has 29 heavy (non-hydrogen) atoms. The minimum absolute atomic E-state index is 0.0319. The van der Waals surface area contributed by atoms with E-state index in [1.807, 2.05) is 47.5 Å². The van der Waals surface area contributed by atoms with E-state index in [1.165, 1.54) is 5.56 Å². The van der Waals surface area contributed by atoms with Gasteiger partial charge >= 0.3 is 0 Å². The Morgan fingerprint density at radius 1 is 1.21 bits per heavy atom. The van der Waals surface area contributed by atoms with Gasteiger partial charge in [0.15, 0.2) is 5.13 Å². The number of aryl methyl sites for hydroxylation is 2. The molecule has 2 aromatic heterocycles. The topological polar surface area (TPSA) is 51.0 Å². The van der Waals surface area contributed by atoms with E-state index >= 15 is 0 Å². The van der Waals surface area contributed by atoms with Crippen LogP contribution in [0.4, 0.5) is 5.13 Å². The van der Waals surface area contributed by atoms with Crippen molar-refractivity contribution in [2.75, 3.05) is 17.7 Å². The molecule has 1 amide bonds. The van der Waals surface area contributed by atoms with Gasteiger partial charge in [0.1, 0.15) is 0 Å². The predicted molar refractivity (Wildman–Crippen MR) is 121 cm³/mol. The first-order valence-corrected chi connectivity index (χ1v) is 11.4. The van der Waals surface area contributed by atoms with E-state index in [9.17, 15) is 4.79 Å². The number of benzene rings is 2. The molecule has 148 valence electrons. The quantitative estimate of drug-likeness (QED) is 0.402. The Hall–Kier alpha value is -2.64. The van der Waals surface area contributed by atoms with Crippen molar-refractivity contribution in [3.63, 3.8) is 0 Å². The van der Waals surface area contributed by atoms with Crippen molar-refractivity contribution in [2.45, 2.75) is 25.3 Å². The zero-order chi connectivity index (χ0) is 20.4. The predicted octanol–water partition coefficient (Wildman–Crippen LogP) is 5.18. The average Bonchev–Trinajstić information content (AvgIpc) is 3.38. The fourth-order valence-electron chi connectivity index (χ4n) is 3.36. The van der Waals surface area contributed by atoms with E-state index in [0.29, 0.717) is 18.7 Å². The van der Waals surface area contributed by atoms with E-state index in [1.54, 1.807) is 34.2 Å². The number of amides is 1. The number of carbonyl (C=O) groups is 1. The summed E-state index contributed by atoms with van der Waals surface area (Å²) in [6.45, 7) is 5.26. The molecular weight excluding hydrogens is 400 g/mol. The van der Waals surface area contributed by atoms with E-state index in [-0.39, 0.29) is 5.91 Å². The highest BCUT2D eigenvalue weighted by atomic mass is 32.2. The first kappa shape index (κ1) is 19.7. The van der Waals surface area contributed by atoms with Crippen LogP contribution in [0.1, 0.15) is 21.5 Å². The first-order valence-electron chi connectivity index (χ1n) is 9.37. The normalized spacial score (nSPS) is 11.1. The lowest BCUT2D eigenvalue weighted by atomic mass is 10.1. The van der Waals surface area contributed by atoms with Crippen LogP contribution in [0.15, 0.2) is 59.8 Å². The summed E-state index contributed by atoms with van der Waals surface area (Å²) in [5, 5.41) is 5.00. The Kier molecular flexibility index (Phi) is 5.69. The lowest BCUT2D eigenvalue weighted by Crippen LogP contribution is -2.34. The maximum absolute atomic E-state index is 13.6. The van der Waals surface area contributed by atoms with Crippen LogP contribution in [0.2, 0.25) is 0 Å². The van der Waals surface area contributed by atoms with Crippen LogP contribution in [-0.4, -0.2) is 33.5 Å². The molecule has 0 spiro atoms. The Morgan fingerprint density at radius 2 is 2.03 bits per heavy atom. The van der Waals surface area contributed by atoms with Gasteiger partial charge in [0.05, 0.1) is 22.3 Å². The van der Waals surface area contributed by atoms with Gasteiger partial charge in [-0.2, -0.15) is 5.10 Å². The van der Waals surface area contributed by atoms with Crippen LogP contribution in [0.5, 0.6) is 0 Å². The van der Waals surface area contributed by atoms with Crippen molar-refractivity contribution in [3.8, 4) is 0 Å². The van der Waals surface area contributed by atoms with Crippen molar-refractivity contribution >= 4 is 44.4 Å². The molecule has 0 radical (unpaired) electrons. The van der Waals surface area contributed by atoms with Gasteiger partial charge in [-0.05, 0) is 55.5 Å². The van der Waals surface area contributed by atoms with Crippen molar-refractivity contribution in [2.24, 2.45) is 0 Å². The second-order valence-electron chi connectivity index (χ2n) is 6.85. The maximum atomic E-state index is 13.6. The smallest absolute Gasteiger partial charge is 0.261 e. The second kappa shape index (κ2) is 8.39. The molecule has 0 aliphatic heterocycles. The number of aromatic nitrogens is 3. The molecular formula is C22H22N4OS2. The maximum Gasteiger partial charge on any atom is 0.261 e. The van der Waals surface area contributed by atoms with E-state index in [0.717, 1.165) is 25.8 Å². The van der Waals surface area contributed by atoms with Crippen molar-refractivity contribution in [3.05, 3.63) is 71.5 Å². The molecule has 0 saturated heterocycles. The van der Waals surface area contributed by atoms with Crippen molar-refractivity contribution in [1.82, 2.24) is 14.8 Å². The Bertz CT molecular complexity index is 1150. The summed E-state index contributed by atoms with van der Waals surface area (Å²) < 4.78 is 2.94. The number of hydrogen-bond donors (Lipinski definition) is 0. The number of thiazole rings is 1. The lowest BCUT2D eigenvalue weighted by Gasteiger charge is -2.21. The molecule has 2 aromatic carbocycles. The summed E-state index contributed by atoms with van der Waals surface area (Å²) in [5.74, 6) is -0.0319. The number of hydrogen-bond acceptors (Lipinski definition) is 5. The van der Waals surface area contributed by atoms with Crippen molar-refractivity contribution in [1.29, 1.82) is 0 Å². The number of fused-ring (bicyclic) bond motifs is 1. The molecule has 2 heterocycles. The van der Waals surface area contributed by atoms with Gasteiger partial charge in [-0.3, -0.25) is 14.4 Å². The highest BCUT2D eigenvalue weighted by Gasteiger charge is 2.23. The Labute approximate surface area is 178 Å². The van der Waals surface area contributed by atoms with Crippen LogP contribution in [0, 0.1) is 13.8 Å². The summed E-state index contributed by atoms with van der Waals surface area (Å²) in [7, 11) is 0. The molecule has 0 N–H and O–H groups in total. The largest absolute Gasteiger partial charge is 0.282 e. The lowest BCUT2D eigenvalue weighted by molar-refractivity contribution is 0.0983. The van der Waals surface area contributed by atoms with E-state index < -0.39 is 0 Å². The third-order valence-electron chi connectivity index (χ3n) is 4.74. The highest BCUT2D eigenvalue weighted by molar-refractivity contribution is 7.98. The molecule has 0 unspecified atom stereocenters. The van der Waals surface area contributed by atoms with E-state index in [4.69, 9.17) is 4.98 Å². The van der Waals surface area contributed by atoms with Gasteiger partial charge in [0.2, 0.25) is 0 Å². The molecule has 7 heteroatoms. The molecule has 0 fully saturated rings. The molecule has 0 aliphatic rings. The van der Waals surface area contributed by atoms with Gasteiger partial charge < -0.3 is 0 Å². The average molecular weight is 423 g/mol. The highest BCUT2D eigenvalue weighted by Crippen LogP contribution is 2.33. The number of nitrogens with zero attached hydrogens (tertiary/aromatic N) is 4. The monoisotopic (exact) mass is 422 g/mol. The third kappa shape index (κ3) is 4.06. The van der Waals surface area contributed by atoms with Gasteiger partial charge in [-0.25, -0.2) is 4.98 Å². The van der Waals surface area contributed by atoms with Gasteiger partial charge in [0, 0.05) is 23.8 Å². The molecule has 0 atom stereocenters. The Morgan fingerprint density at radius 3 is 2.79 bits per heavy atom. The summed E-state index contributed by atoms with van der Waals surface area (Å²) in [5.41, 5.74) is 4.00. The fourth-order valence-corrected chi connectivity index (χ4v) is 5.12. The number of anilines is 1. The standard InChI is InChI=1S/C22H22N4OS2/c1-15-13-16(2)20-19(14-15)29-22(24-20)26(12-11-25-10-6-9-23-25)21(27)17-7-4-5-8-18(17)28-3/h4-10,13-14H,11-12H2,1-3H3. The summed E-state index contributed by atoms with van der Waals surface area (Å²) in [4.78, 5) is 21.2. The summed E-state index contributed by atoms with van der Waals surface area (Å²) >= 11 is 3.14. The van der Waals surface area contributed by atoms with Crippen LogP contribution in [0.3, 0.4) is 0 Å². The number of carbonyl (C=O) groups excluding carboxylic acids is 1. The minimum atomic E-state index is -0.0319. The zero-order valence-corrected chi connectivity index (χ0v) is 18.3. The zero-order valence-electron chi connectivity index (χ0n) is 16.6. The van der Waals surface area contributed by atoms with Gasteiger partial charge in [-0.15, -0.1) is 11.8 Å². The fraction of sp³-hybridized carbons (Fsp3) is 0.227. The number of rotatable bonds is 6. The first-order chi connectivity index (χ1) is 14.1. The molecule has 0 saturated carbocycles. The van der Waals surface area contributed by atoms with Crippen LogP contribution < -0.4 is 4.90 Å². The Balaban J connectivity index is 1.75. The van der Waals surface area contributed by atoms with Crippen LogP contribution in [-0.2, 0) is 6.54 Å². The van der Waals surface area contributed by atoms with Gasteiger partial charge in [-0.1, -0.05) is 29.5 Å². The third-order valence-corrected chi connectivity index (χ3v) is 6.57. The molecule has 0 bridgehead atoms. The molecule has 0 aliphatic carbocycles. The van der Waals surface area contributed by atoms with Crippen LogP contribution >= 0.6 is 23.1 Å². The minimum Gasteiger partial charge on any atom is -0.282 e. The molecule has 5 nitrogen and oxygen atoms in total. The van der Waals surface area contributed by atoms with Crippen molar-refractivity contribution < 1.29 is 4.79 Å².